The van der Waals surface area contributed by atoms with Crippen molar-refractivity contribution >= 4 is 31.6 Å². The van der Waals surface area contributed by atoms with E-state index in [9.17, 15) is 12.8 Å². The van der Waals surface area contributed by atoms with Gasteiger partial charge in [0.25, 0.3) is 10.0 Å². The largest absolute Gasteiger partial charge is 0.316 e. The molecule has 1 aromatic carbocycles. The van der Waals surface area contributed by atoms with Crippen LogP contribution in [0.15, 0.2) is 46.0 Å². The molecule has 2 aromatic rings. The van der Waals surface area contributed by atoms with Crippen LogP contribution in [0.5, 0.6) is 0 Å². The normalized spacial score (nSPS) is 11.4. The third-order valence-corrected chi connectivity index (χ3v) is 4.71. The van der Waals surface area contributed by atoms with Crippen LogP contribution in [0.4, 0.5) is 10.1 Å². The number of benzene rings is 1. The van der Waals surface area contributed by atoms with E-state index in [0.29, 0.717) is 10.2 Å². The van der Waals surface area contributed by atoms with Crippen LogP contribution in [0.25, 0.3) is 0 Å². The minimum absolute atomic E-state index is 0.00198. The minimum Gasteiger partial charge on any atom is -0.316 e. The van der Waals surface area contributed by atoms with Crippen LogP contribution in [0.2, 0.25) is 0 Å². The first-order valence-corrected chi connectivity index (χ1v) is 8.27. The Hall–Kier alpha value is -1.51. The zero-order chi connectivity index (χ0) is 15.5. The lowest BCUT2D eigenvalue weighted by Gasteiger charge is -2.11. The van der Waals surface area contributed by atoms with Crippen molar-refractivity contribution in [2.24, 2.45) is 0 Å². The van der Waals surface area contributed by atoms with Crippen LogP contribution >= 0.6 is 15.9 Å². The Morgan fingerprint density at radius 3 is 2.76 bits per heavy atom. The topological polar surface area (TPSA) is 71.1 Å². The quantitative estimate of drug-likeness (QED) is 0.844. The highest BCUT2D eigenvalue weighted by molar-refractivity contribution is 9.10. The predicted molar refractivity (Wildman–Crippen MR) is 81.9 cm³/mol. The molecule has 0 aliphatic heterocycles. The Kier molecular flexibility index (Phi) is 4.92. The molecule has 8 heteroatoms. The first kappa shape index (κ1) is 15.9. The van der Waals surface area contributed by atoms with E-state index in [4.69, 9.17) is 0 Å². The number of sulfonamides is 1. The number of hydrogen-bond acceptors (Lipinski definition) is 4. The molecule has 0 bridgehead atoms. The number of aromatic nitrogens is 1. The van der Waals surface area contributed by atoms with Gasteiger partial charge in [-0.05, 0) is 47.2 Å². The summed E-state index contributed by atoms with van der Waals surface area (Å²) < 4.78 is 41.2. The molecule has 0 saturated carbocycles. The van der Waals surface area contributed by atoms with Crippen LogP contribution in [0.1, 0.15) is 5.56 Å². The molecule has 0 atom stereocenters. The lowest BCUT2D eigenvalue weighted by Crippen LogP contribution is -2.15. The molecular weight excluding hydrogens is 361 g/mol. The molecule has 0 radical (unpaired) electrons. The number of halogens is 2. The molecular formula is C13H13BrFN3O2S. The van der Waals surface area contributed by atoms with E-state index in [0.717, 1.165) is 6.07 Å². The summed E-state index contributed by atoms with van der Waals surface area (Å²) in [6, 6.07) is 5.21. The summed E-state index contributed by atoms with van der Waals surface area (Å²) in [6.07, 6.45) is 2.95. The van der Waals surface area contributed by atoms with Crippen molar-refractivity contribution in [2.45, 2.75) is 11.4 Å². The maximum absolute atomic E-state index is 13.6. The van der Waals surface area contributed by atoms with Gasteiger partial charge in [-0.3, -0.25) is 9.71 Å². The fraction of sp³-hybridized carbons (Fsp3) is 0.154. The molecule has 2 rings (SSSR count). The summed E-state index contributed by atoms with van der Waals surface area (Å²) in [5, 5.41) is 2.79. The summed E-state index contributed by atoms with van der Waals surface area (Å²) in [5.41, 5.74) is 0.652. The Bertz CT molecular complexity index is 753. The fourth-order valence-electron chi connectivity index (χ4n) is 1.71. The molecule has 2 N–H and O–H groups in total. The Labute approximate surface area is 130 Å². The highest BCUT2D eigenvalue weighted by Gasteiger charge is 2.17. The molecule has 0 spiro atoms. The second kappa shape index (κ2) is 6.50. The number of nitrogens with zero attached hydrogens (tertiary/aromatic N) is 1. The highest BCUT2D eigenvalue weighted by atomic mass is 79.9. The van der Waals surface area contributed by atoms with Crippen molar-refractivity contribution in [1.82, 2.24) is 10.3 Å². The summed E-state index contributed by atoms with van der Waals surface area (Å²) in [6.45, 7) is 0.244. The molecule has 5 nitrogen and oxygen atoms in total. The van der Waals surface area contributed by atoms with Gasteiger partial charge in [-0.25, -0.2) is 12.8 Å². The zero-order valence-corrected chi connectivity index (χ0v) is 13.5. The van der Waals surface area contributed by atoms with Gasteiger partial charge in [0.1, 0.15) is 5.82 Å². The third kappa shape index (κ3) is 3.78. The maximum Gasteiger partial charge on any atom is 0.261 e. The van der Waals surface area contributed by atoms with Gasteiger partial charge in [-0.1, -0.05) is 0 Å². The molecule has 0 aliphatic rings. The average molecular weight is 374 g/mol. The minimum atomic E-state index is -3.80. The summed E-state index contributed by atoms with van der Waals surface area (Å²) in [5.74, 6) is -0.451. The van der Waals surface area contributed by atoms with Gasteiger partial charge in [-0.2, -0.15) is 0 Å². The Morgan fingerprint density at radius 1 is 1.33 bits per heavy atom. The summed E-state index contributed by atoms with van der Waals surface area (Å²) in [4.78, 5) is 3.86. The van der Waals surface area contributed by atoms with Gasteiger partial charge in [0.2, 0.25) is 0 Å². The van der Waals surface area contributed by atoms with Crippen molar-refractivity contribution in [3.63, 3.8) is 0 Å². The maximum atomic E-state index is 13.6. The van der Waals surface area contributed by atoms with Gasteiger partial charge in [-0.15, -0.1) is 0 Å². The van der Waals surface area contributed by atoms with Crippen LogP contribution < -0.4 is 10.0 Å². The van der Waals surface area contributed by atoms with E-state index in [1.165, 1.54) is 30.6 Å². The van der Waals surface area contributed by atoms with Crippen molar-refractivity contribution in [1.29, 1.82) is 0 Å². The van der Waals surface area contributed by atoms with Crippen LogP contribution in [-0.2, 0) is 16.6 Å². The molecule has 0 amide bonds. The average Bonchev–Trinajstić information content (AvgIpc) is 2.44. The standard InChI is InChI=1S/C13H13BrFN3O2S/c1-16-7-9-6-10(2-3-12(9)15)21(19,20)18-13-4-5-17-8-11(13)14/h2-6,8,16H,7H2,1H3,(H,17,18). The monoisotopic (exact) mass is 373 g/mol. The number of rotatable bonds is 5. The summed E-state index contributed by atoms with van der Waals surface area (Å²) in [7, 11) is -2.14. The highest BCUT2D eigenvalue weighted by Crippen LogP contribution is 2.24. The van der Waals surface area contributed by atoms with Gasteiger partial charge in [0.05, 0.1) is 15.1 Å². The van der Waals surface area contributed by atoms with Gasteiger partial charge >= 0.3 is 0 Å². The first-order valence-electron chi connectivity index (χ1n) is 5.99. The molecule has 1 heterocycles. The molecule has 0 aliphatic carbocycles. The predicted octanol–water partition coefficient (Wildman–Crippen LogP) is 2.50. The van der Waals surface area contributed by atoms with Crippen molar-refractivity contribution in [3.8, 4) is 0 Å². The van der Waals surface area contributed by atoms with E-state index in [2.05, 4.69) is 31.0 Å². The lowest BCUT2D eigenvalue weighted by molar-refractivity contribution is 0.591. The molecule has 0 saturated heterocycles. The van der Waals surface area contributed by atoms with Crippen molar-refractivity contribution in [3.05, 3.63) is 52.5 Å². The molecule has 0 fully saturated rings. The summed E-state index contributed by atoms with van der Waals surface area (Å²) >= 11 is 3.21. The van der Waals surface area contributed by atoms with E-state index in [1.54, 1.807) is 7.05 Å². The Balaban J connectivity index is 2.36. The van der Waals surface area contributed by atoms with Crippen LogP contribution in [0.3, 0.4) is 0 Å². The van der Waals surface area contributed by atoms with Gasteiger partial charge < -0.3 is 5.32 Å². The SMILES string of the molecule is CNCc1cc(S(=O)(=O)Nc2ccncc2Br)ccc1F. The zero-order valence-electron chi connectivity index (χ0n) is 11.1. The van der Waals surface area contributed by atoms with Gasteiger partial charge in [0.15, 0.2) is 0 Å². The Morgan fingerprint density at radius 2 is 2.10 bits per heavy atom. The number of pyridine rings is 1. The number of nitrogens with one attached hydrogen (secondary N) is 2. The fourth-order valence-corrected chi connectivity index (χ4v) is 3.32. The van der Waals surface area contributed by atoms with Crippen LogP contribution in [0, 0.1) is 5.82 Å². The molecule has 1 aromatic heterocycles. The van der Waals surface area contributed by atoms with E-state index in [1.807, 2.05) is 0 Å². The second-order valence-electron chi connectivity index (χ2n) is 4.24. The van der Waals surface area contributed by atoms with Crippen molar-refractivity contribution in [2.75, 3.05) is 11.8 Å². The second-order valence-corrected chi connectivity index (χ2v) is 6.78. The first-order chi connectivity index (χ1) is 9.94. The molecule has 112 valence electrons. The third-order valence-electron chi connectivity index (χ3n) is 2.71. The molecule has 0 unspecified atom stereocenters. The van der Waals surface area contributed by atoms with Gasteiger partial charge in [0, 0.05) is 24.5 Å². The van der Waals surface area contributed by atoms with Crippen molar-refractivity contribution < 1.29 is 12.8 Å². The van der Waals surface area contributed by atoms with E-state index in [-0.39, 0.29) is 17.0 Å². The van der Waals surface area contributed by atoms with E-state index < -0.39 is 15.8 Å². The number of anilines is 1. The number of hydrogen-bond donors (Lipinski definition) is 2. The molecule has 21 heavy (non-hydrogen) atoms. The van der Waals surface area contributed by atoms with E-state index >= 15 is 0 Å². The smallest absolute Gasteiger partial charge is 0.261 e. The lowest BCUT2D eigenvalue weighted by atomic mass is 10.2. The van der Waals surface area contributed by atoms with Crippen LogP contribution in [-0.4, -0.2) is 20.4 Å².